The van der Waals surface area contributed by atoms with Gasteiger partial charge in [-0.2, -0.15) is 0 Å². The molecule has 0 bridgehead atoms. The predicted molar refractivity (Wildman–Crippen MR) is 74.9 cm³/mol. The van der Waals surface area contributed by atoms with Crippen molar-refractivity contribution in [2.24, 2.45) is 0 Å². The summed E-state index contributed by atoms with van der Waals surface area (Å²) < 4.78 is 9.01. The van der Waals surface area contributed by atoms with Crippen molar-refractivity contribution in [2.75, 3.05) is 5.73 Å². The van der Waals surface area contributed by atoms with E-state index in [0.717, 1.165) is 11.5 Å². The average Bonchev–Trinajstić information content (AvgIpc) is 2.76. The summed E-state index contributed by atoms with van der Waals surface area (Å²) in [7, 11) is 0. The maximum Gasteiger partial charge on any atom is 0.340 e. The van der Waals surface area contributed by atoms with Crippen LogP contribution in [0.15, 0.2) is 12.1 Å². The highest BCUT2D eigenvalue weighted by molar-refractivity contribution is 7.10. The van der Waals surface area contributed by atoms with Gasteiger partial charge in [0, 0.05) is 16.6 Å². The third kappa shape index (κ3) is 3.27. The summed E-state index contributed by atoms with van der Waals surface area (Å²) in [6.07, 6.45) is 0. The minimum Gasteiger partial charge on any atom is -0.455 e. The molecule has 1 aromatic heterocycles. The molecule has 0 spiro atoms. The molecule has 0 fully saturated rings. The molecular formula is C10H6Cl3N3O2S. The number of hydrogen-bond acceptors (Lipinski definition) is 6. The van der Waals surface area contributed by atoms with Crippen LogP contribution in [0.3, 0.4) is 0 Å². The number of benzene rings is 1. The molecule has 100 valence electrons. The van der Waals surface area contributed by atoms with E-state index in [2.05, 4.69) is 9.59 Å². The van der Waals surface area contributed by atoms with Gasteiger partial charge in [0.05, 0.1) is 16.3 Å². The van der Waals surface area contributed by atoms with E-state index >= 15 is 0 Å². The number of nitrogens with zero attached hydrogens (tertiary/aromatic N) is 2. The molecule has 0 radical (unpaired) electrons. The van der Waals surface area contributed by atoms with Gasteiger partial charge in [0.25, 0.3) is 0 Å². The van der Waals surface area contributed by atoms with Crippen LogP contribution in [0.4, 0.5) is 5.69 Å². The lowest BCUT2D eigenvalue weighted by atomic mass is 10.2. The highest BCUT2D eigenvalue weighted by Crippen LogP contribution is 2.28. The molecule has 19 heavy (non-hydrogen) atoms. The van der Waals surface area contributed by atoms with E-state index in [-0.39, 0.29) is 22.9 Å². The van der Waals surface area contributed by atoms with E-state index in [9.17, 15) is 4.79 Å². The number of nitrogen functional groups attached to an aromatic ring is 1. The third-order valence-electron chi connectivity index (χ3n) is 2.16. The van der Waals surface area contributed by atoms with Gasteiger partial charge >= 0.3 is 5.97 Å². The highest BCUT2D eigenvalue weighted by Gasteiger charge is 2.16. The Hall–Kier alpha value is -1.08. The summed E-state index contributed by atoms with van der Waals surface area (Å²) >= 11 is 18.4. The number of carbonyl (C=O) groups excluding carboxylic acids is 1. The summed E-state index contributed by atoms with van der Waals surface area (Å²) in [6, 6.07) is 2.82. The molecule has 9 heteroatoms. The van der Waals surface area contributed by atoms with E-state index in [1.54, 1.807) is 0 Å². The SMILES string of the molecule is Nc1c(Cl)cc(Cl)cc1C(=O)OCc1nnsc1Cl. The van der Waals surface area contributed by atoms with E-state index in [1.807, 2.05) is 0 Å². The zero-order valence-corrected chi connectivity index (χ0v) is 12.3. The van der Waals surface area contributed by atoms with Crippen LogP contribution < -0.4 is 5.73 Å². The van der Waals surface area contributed by atoms with Crippen molar-refractivity contribution in [2.45, 2.75) is 6.61 Å². The van der Waals surface area contributed by atoms with Crippen LogP contribution in [-0.4, -0.2) is 15.6 Å². The first-order valence-electron chi connectivity index (χ1n) is 4.87. The minimum atomic E-state index is -0.661. The van der Waals surface area contributed by atoms with Crippen LogP contribution in [0.25, 0.3) is 0 Å². The number of hydrogen-bond donors (Lipinski definition) is 1. The van der Waals surface area contributed by atoms with Crippen molar-refractivity contribution in [3.05, 3.63) is 37.8 Å². The zero-order chi connectivity index (χ0) is 14.0. The van der Waals surface area contributed by atoms with E-state index in [4.69, 9.17) is 45.3 Å². The molecule has 0 aliphatic heterocycles. The largest absolute Gasteiger partial charge is 0.455 e. The Balaban J connectivity index is 2.15. The smallest absolute Gasteiger partial charge is 0.340 e. The van der Waals surface area contributed by atoms with Crippen LogP contribution in [0, 0.1) is 0 Å². The van der Waals surface area contributed by atoms with Crippen LogP contribution >= 0.6 is 46.3 Å². The number of anilines is 1. The maximum atomic E-state index is 11.9. The second-order valence-electron chi connectivity index (χ2n) is 3.42. The lowest BCUT2D eigenvalue weighted by molar-refractivity contribution is 0.0469. The van der Waals surface area contributed by atoms with Gasteiger partial charge in [-0.3, -0.25) is 0 Å². The second kappa shape index (κ2) is 5.92. The molecule has 0 aliphatic rings. The first-order chi connectivity index (χ1) is 8.99. The van der Waals surface area contributed by atoms with Gasteiger partial charge in [-0.05, 0) is 12.1 Å². The van der Waals surface area contributed by atoms with Gasteiger partial charge in [-0.15, -0.1) is 5.10 Å². The number of rotatable bonds is 3. The Bertz CT molecular complexity index is 632. The number of carbonyl (C=O) groups is 1. The van der Waals surface area contributed by atoms with Crippen molar-refractivity contribution in [3.8, 4) is 0 Å². The summed E-state index contributed by atoms with van der Waals surface area (Å²) in [6.45, 7) is -0.0995. The summed E-state index contributed by atoms with van der Waals surface area (Å²) in [5.74, 6) is -0.661. The number of aromatic nitrogens is 2. The lowest BCUT2D eigenvalue weighted by Crippen LogP contribution is -2.09. The van der Waals surface area contributed by atoms with Crippen LogP contribution in [-0.2, 0) is 11.3 Å². The number of halogens is 3. The van der Waals surface area contributed by atoms with Gasteiger partial charge in [0.1, 0.15) is 16.6 Å². The Kier molecular flexibility index (Phi) is 4.46. The molecule has 5 nitrogen and oxygen atoms in total. The minimum absolute atomic E-state index is 0.0943. The number of esters is 1. The van der Waals surface area contributed by atoms with Crippen molar-refractivity contribution < 1.29 is 9.53 Å². The highest BCUT2D eigenvalue weighted by atomic mass is 35.5. The molecule has 2 rings (SSSR count). The first kappa shape index (κ1) is 14.3. The van der Waals surface area contributed by atoms with Crippen molar-refractivity contribution in [1.29, 1.82) is 0 Å². The van der Waals surface area contributed by atoms with Crippen molar-refractivity contribution >= 4 is 58.0 Å². The predicted octanol–water partition coefficient (Wildman–Crippen LogP) is 3.44. The second-order valence-corrected chi connectivity index (χ2v) is 5.62. The number of nitrogens with two attached hydrogens (primary N) is 1. The van der Waals surface area contributed by atoms with E-state index in [1.165, 1.54) is 12.1 Å². The Morgan fingerprint density at radius 3 is 2.74 bits per heavy atom. The van der Waals surface area contributed by atoms with Gasteiger partial charge in [-0.1, -0.05) is 39.3 Å². The molecule has 1 heterocycles. The average molecular weight is 339 g/mol. The quantitative estimate of drug-likeness (QED) is 0.685. The van der Waals surface area contributed by atoms with E-state index < -0.39 is 5.97 Å². The monoisotopic (exact) mass is 337 g/mol. The normalized spacial score (nSPS) is 10.5. The summed E-state index contributed by atoms with van der Waals surface area (Å²) in [5.41, 5.74) is 6.27. The Morgan fingerprint density at radius 1 is 1.37 bits per heavy atom. The molecule has 0 atom stereocenters. The fourth-order valence-corrected chi connectivity index (χ4v) is 2.34. The van der Waals surface area contributed by atoms with Crippen LogP contribution in [0.5, 0.6) is 0 Å². The molecule has 0 unspecified atom stereocenters. The summed E-state index contributed by atoms with van der Waals surface area (Å²) in [5, 5.41) is 4.19. The fourth-order valence-electron chi connectivity index (χ4n) is 1.25. The Labute approximate surface area is 127 Å². The van der Waals surface area contributed by atoms with Crippen molar-refractivity contribution in [1.82, 2.24) is 9.59 Å². The third-order valence-corrected chi connectivity index (χ3v) is 3.68. The van der Waals surface area contributed by atoms with Gasteiger partial charge in [-0.25, -0.2) is 4.79 Å². The van der Waals surface area contributed by atoms with E-state index in [0.29, 0.717) is 15.1 Å². The van der Waals surface area contributed by atoms with Gasteiger partial charge in [0.2, 0.25) is 0 Å². The van der Waals surface area contributed by atoms with Crippen LogP contribution in [0.2, 0.25) is 14.4 Å². The molecule has 2 N–H and O–H groups in total. The lowest BCUT2D eigenvalue weighted by Gasteiger charge is -2.08. The van der Waals surface area contributed by atoms with Gasteiger partial charge < -0.3 is 10.5 Å². The number of ether oxygens (including phenoxy) is 1. The standard InChI is InChI=1S/C10H6Cl3N3O2S/c11-4-1-5(8(14)6(12)2-4)10(17)18-3-7-9(13)19-16-15-7/h1-2H,3,14H2. The van der Waals surface area contributed by atoms with Crippen molar-refractivity contribution in [3.63, 3.8) is 0 Å². The summed E-state index contributed by atoms with van der Waals surface area (Å²) in [4.78, 5) is 11.9. The molecule has 1 aromatic carbocycles. The molecule has 0 aliphatic carbocycles. The molecule has 2 aromatic rings. The fraction of sp³-hybridized carbons (Fsp3) is 0.100. The maximum absolute atomic E-state index is 11.9. The van der Waals surface area contributed by atoms with Crippen LogP contribution in [0.1, 0.15) is 16.1 Å². The van der Waals surface area contributed by atoms with Gasteiger partial charge in [0.15, 0.2) is 0 Å². The molecular weight excluding hydrogens is 333 g/mol. The Morgan fingerprint density at radius 2 is 2.11 bits per heavy atom. The molecule has 0 saturated heterocycles. The first-order valence-corrected chi connectivity index (χ1v) is 6.78. The molecule has 0 saturated carbocycles. The zero-order valence-electron chi connectivity index (χ0n) is 9.19. The molecule has 0 amide bonds. The topological polar surface area (TPSA) is 78.1 Å².